The number of halogens is 1. The van der Waals surface area contributed by atoms with Gasteiger partial charge in [-0.3, -0.25) is 15.0 Å². The van der Waals surface area contributed by atoms with E-state index in [1.54, 1.807) is 0 Å². The Kier molecular flexibility index (Phi) is 3.88. The van der Waals surface area contributed by atoms with E-state index >= 15 is 0 Å². The zero-order chi connectivity index (χ0) is 13.1. The second-order valence-electron chi connectivity index (χ2n) is 4.71. The maximum Gasteiger partial charge on any atom is 0.272 e. The van der Waals surface area contributed by atoms with Gasteiger partial charge in [-0.05, 0) is 31.0 Å². The summed E-state index contributed by atoms with van der Waals surface area (Å²) in [5, 5.41) is 10.7. The molecule has 98 valence electrons. The Labute approximate surface area is 105 Å². The van der Waals surface area contributed by atoms with E-state index in [0.29, 0.717) is 12.1 Å². The summed E-state index contributed by atoms with van der Waals surface area (Å²) >= 11 is 0. The summed E-state index contributed by atoms with van der Waals surface area (Å²) in [6, 6.07) is 3.84. The van der Waals surface area contributed by atoms with Crippen LogP contribution in [-0.4, -0.2) is 29.0 Å². The first kappa shape index (κ1) is 12.9. The number of nitrogens with two attached hydrogens (primary N) is 1. The summed E-state index contributed by atoms with van der Waals surface area (Å²) in [6.45, 7) is 2.16. The molecule has 1 aliphatic heterocycles. The standard InChI is InChI=1S/C12H16FN3O2/c13-10-4-9(5-12(6-10)16(17)18)7-15-3-1-2-11(14)8-15/h4-6,11H,1-3,7-8,14H2/t11-/m1/s1. The highest BCUT2D eigenvalue weighted by atomic mass is 19.1. The highest BCUT2D eigenvalue weighted by Crippen LogP contribution is 2.19. The van der Waals surface area contributed by atoms with Gasteiger partial charge >= 0.3 is 0 Å². The first-order valence-electron chi connectivity index (χ1n) is 5.96. The third-order valence-electron chi connectivity index (χ3n) is 3.10. The van der Waals surface area contributed by atoms with E-state index in [2.05, 4.69) is 4.90 Å². The number of nitrogens with zero attached hydrogens (tertiary/aromatic N) is 2. The highest BCUT2D eigenvalue weighted by Gasteiger charge is 2.18. The van der Waals surface area contributed by atoms with Crippen molar-refractivity contribution in [2.24, 2.45) is 5.73 Å². The molecule has 1 aromatic rings. The second-order valence-corrected chi connectivity index (χ2v) is 4.71. The molecule has 6 heteroatoms. The fourth-order valence-electron chi connectivity index (χ4n) is 2.32. The number of piperidine rings is 1. The lowest BCUT2D eigenvalue weighted by atomic mass is 10.1. The van der Waals surface area contributed by atoms with E-state index < -0.39 is 10.7 Å². The Morgan fingerprint density at radius 2 is 2.28 bits per heavy atom. The normalized spacial score (nSPS) is 20.9. The van der Waals surface area contributed by atoms with Crippen molar-refractivity contribution in [2.75, 3.05) is 13.1 Å². The predicted octanol–water partition coefficient (Wildman–Crippen LogP) is 1.66. The van der Waals surface area contributed by atoms with Crippen molar-refractivity contribution in [3.63, 3.8) is 0 Å². The molecule has 0 spiro atoms. The van der Waals surface area contributed by atoms with Crippen LogP contribution in [-0.2, 0) is 6.54 Å². The number of likely N-dealkylation sites (tertiary alicyclic amines) is 1. The van der Waals surface area contributed by atoms with Crippen LogP contribution in [0, 0.1) is 15.9 Å². The number of nitro benzene ring substituents is 1. The van der Waals surface area contributed by atoms with Gasteiger partial charge in [-0.15, -0.1) is 0 Å². The third kappa shape index (κ3) is 3.24. The maximum absolute atomic E-state index is 13.3. The van der Waals surface area contributed by atoms with Gasteiger partial charge < -0.3 is 5.73 Å². The van der Waals surface area contributed by atoms with Crippen molar-refractivity contribution in [1.29, 1.82) is 0 Å². The molecule has 1 aliphatic rings. The largest absolute Gasteiger partial charge is 0.327 e. The quantitative estimate of drug-likeness (QED) is 0.656. The molecule has 0 unspecified atom stereocenters. The van der Waals surface area contributed by atoms with Gasteiger partial charge in [-0.1, -0.05) is 0 Å². The lowest BCUT2D eigenvalue weighted by molar-refractivity contribution is -0.385. The van der Waals surface area contributed by atoms with Gasteiger partial charge in [0.1, 0.15) is 5.82 Å². The summed E-state index contributed by atoms with van der Waals surface area (Å²) in [7, 11) is 0. The van der Waals surface area contributed by atoms with E-state index in [1.807, 2.05) is 0 Å². The molecule has 2 N–H and O–H groups in total. The lowest BCUT2D eigenvalue weighted by Crippen LogP contribution is -2.42. The molecule has 1 atom stereocenters. The van der Waals surface area contributed by atoms with Crippen LogP contribution in [0.2, 0.25) is 0 Å². The van der Waals surface area contributed by atoms with E-state index in [0.717, 1.165) is 32.0 Å². The summed E-state index contributed by atoms with van der Waals surface area (Å²) in [5.41, 5.74) is 6.28. The molecule has 1 aromatic carbocycles. The van der Waals surface area contributed by atoms with E-state index in [9.17, 15) is 14.5 Å². The van der Waals surface area contributed by atoms with Gasteiger partial charge in [-0.25, -0.2) is 4.39 Å². The van der Waals surface area contributed by atoms with Gasteiger partial charge in [0.05, 0.1) is 11.0 Å². The number of rotatable bonds is 3. The molecule has 0 bridgehead atoms. The molecule has 1 fully saturated rings. The Balaban J connectivity index is 2.10. The van der Waals surface area contributed by atoms with Crippen molar-refractivity contribution in [3.05, 3.63) is 39.7 Å². The SMILES string of the molecule is N[C@@H]1CCCN(Cc2cc(F)cc([N+](=O)[O-])c2)C1. The minimum absolute atomic E-state index is 0.141. The molecule has 0 saturated carbocycles. The van der Waals surface area contributed by atoms with Crippen molar-refractivity contribution < 1.29 is 9.31 Å². The van der Waals surface area contributed by atoms with Crippen LogP contribution < -0.4 is 5.73 Å². The Hall–Kier alpha value is -1.53. The molecule has 0 radical (unpaired) electrons. The molecule has 18 heavy (non-hydrogen) atoms. The molecular formula is C12H16FN3O2. The van der Waals surface area contributed by atoms with Crippen LogP contribution in [0.5, 0.6) is 0 Å². The lowest BCUT2D eigenvalue weighted by Gasteiger charge is -2.30. The van der Waals surface area contributed by atoms with Crippen LogP contribution in [0.25, 0.3) is 0 Å². The first-order chi connectivity index (χ1) is 8.54. The molecule has 1 heterocycles. The molecule has 2 rings (SSSR count). The van der Waals surface area contributed by atoms with E-state index in [1.165, 1.54) is 12.1 Å². The van der Waals surface area contributed by atoms with Gasteiger partial charge in [0.15, 0.2) is 0 Å². The molecular weight excluding hydrogens is 237 g/mol. The zero-order valence-corrected chi connectivity index (χ0v) is 10.0. The molecule has 1 saturated heterocycles. The summed E-state index contributed by atoms with van der Waals surface area (Å²) in [4.78, 5) is 12.2. The highest BCUT2D eigenvalue weighted by molar-refractivity contribution is 5.35. The summed E-state index contributed by atoms with van der Waals surface area (Å²) < 4.78 is 13.3. The fourth-order valence-corrected chi connectivity index (χ4v) is 2.32. The van der Waals surface area contributed by atoms with Crippen LogP contribution in [0.3, 0.4) is 0 Å². The Morgan fingerprint density at radius 3 is 2.94 bits per heavy atom. The smallest absolute Gasteiger partial charge is 0.272 e. The topological polar surface area (TPSA) is 72.4 Å². The average Bonchev–Trinajstić information content (AvgIpc) is 2.28. The summed E-state index contributed by atoms with van der Waals surface area (Å²) in [5.74, 6) is -0.569. The molecule has 0 amide bonds. The number of benzene rings is 1. The van der Waals surface area contributed by atoms with Gasteiger partial charge in [0.2, 0.25) is 0 Å². The van der Waals surface area contributed by atoms with Crippen molar-refractivity contribution in [3.8, 4) is 0 Å². The number of hydrogen-bond acceptors (Lipinski definition) is 4. The van der Waals surface area contributed by atoms with Crippen molar-refractivity contribution >= 4 is 5.69 Å². The van der Waals surface area contributed by atoms with Crippen molar-refractivity contribution in [2.45, 2.75) is 25.4 Å². The van der Waals surface area contributed by atoms with E-state index in [-0.39, 0.29) is 11.7 Å². The zero-order valence-electron chi connectivity index (χ0n) is 10.0. The molecule has 0 aromatic heterocycles. The summed E-state index contributed by atoms with van der Waals surface area (Å²) in [6.07, 6.45) is 2.01. The first-order valence-corrected chi connectivity index (χ1v) is 5.96. The second kappa shape index (κ2) is 5.41. The van der Waals surface area contributed by atoms with E-state index in [4.69, 9.17) is 5.73 Å². The Morgan fingerprint density at radius 1 is 1.50 bits per heavy atom. The predicted molar refractivity (Wildman–Crippen MR) is 65.5 cm³/mol. The minimum Gasteiger partial charge on any atom is -0.327 e. The van der Waals surface area contributed by atoms with Crippen LogP contribution in [0.15, 0.2) is 18.2 Å². The third-order valence-corrected chi connectivity index (χ3v) is 3.10. The van der Waals surface area contributed by atoms with Crippen molar-refractivity contribution in [1.82, 2.24) is 4.90 Å². The number of non-ortho nitro benzene ring substituents is 1. The number of hydrogen-bond donors (Lipinski definition) is 1. The van der Waals surface area contributed by atoms with Crippen LogP contribution in [0.1, 0.15) is 18.4 Å². The molecule has 5 nitrogen and oxygen atoms in total. The maximum atomic E-state index is 13.3. The van der Waals surface area contributed by atoms with Gasteiger partial charge in [0.25, 0.3) is 5.69 Å². The average molecular weight is 253 g/mol. The van der Waals surface area contributed by atoms with Crippen LogP contribution >= 0.6 is 0 Å². The van der Waals surface area contributed by atoms with Gasteiger partial charge in [-0.2, -0.15) is 0 Å². The number of nitro groups is 1. The monoisotopic (exact) mass is 253 g/mol. The minimum atomic E-state index is -0.575. The Bertz CT molecular complexity index is 453. The fraction of sp³-hybridized carbons (Fsp3) is 0.500. The van der Waals surface area contributed by atoms with Gasteiger partial charge in [0, 0.05) is 25.2 Å². The molecule has 0 aliphatic carbocycles. The van der Waals surface area contributed by atoms with Crippen LogP contribution in [0.4, 0.5) is 10.1 Å².